The van der Waals surface area contributed by atoms with Gasteiger partial charge in [-0.05, 0) is 68.8 Å². The van der Waals surface area contributed by atoms with E-state index in [2.05, 4.69) is 105 Å². The maximum Gasteiger partial charge on any atom is 0.222 e. The van der Waals surface area contributed by atoms with Crippen molar-refractivity contribution in [2.24, 2.45) is 4.99 Å². The average molecular weight is 520 g/mol. The highest BCUT2D eigenvalue weighted by Gasteiger charge is 2.45. The van der Waals surface area contributed by atoms with Crippen LogP contribution in [0.2, 0.25) is 0 Å². The van der Waals surface area contributed by atoms with Gasteiger partial charge in [0.25, 0.3) is 0 Å². The molecule has 39 heavy (non-hydrogen) atoms. The van der Waals surface area contributed by atoms with Gasteiger partial charge in [0, 0.05) is 60.8 Å². The molecule has 200 valence electrons. The van der Waals surface area contributed by atoms with E-state index in [1.165, 1.54) is 5.69 Å². The lowest BCUT2D eigenvalue weighted by Gasteiger charge is -2.41. The Balaban J connectivity index is 1.82. The second-order valence-corrected chi connectivity index (χ2v) is 10.0. The zero-order valence-electron chi connectivity index (χ0n) is 23.7. The van der Waals surface area contributed by atoms with Crippen LogP contribution in [0.4, 0.5) is 17.1 Å². The Hall–Kier alpha value is -4.25. The van der Waals surface area contributed by atoms with Crippen molar-refractivity contribution >= 4 is 23.0 Å². The second kappa shape index (κ2) is 10.9. The third-order valence-electron chi connectivity index (χ3n) is 7.65. The molecule has 1 heterocycles. The summed E-state index contributed by atoms with van der Waals surface area (Å²) in [4.78, 5) is 9.63. The first-order valence-electron chi connectivity index (χ1n) is 13.6. The van der Waals surface area contributed by atoms with Gasteiger partial charge in [-0.15, -0.1) is 0 Å². The normalized spacial score (nSPS) is 16.1. The minimum atomic E-state index is -0.911. The highest BCUT2D eigenvalue weighted by Crippen LogP contribution is 2.50. The van der Waals surface area contributed by atoms with Crippen LogP contribution in [0, 0.1) is 6.92 Å². The Morgan fingerprint density at radius 2 is 1.41 bits per heavy atom. The topological polar surface area (TPSA) is 37.3 Å². The first-order valence-corrected chi connectivity index (χ1v) is 13.6. The van der Waals surface area contributed by atoms with Crippen LogP contribution >= 0.6 is 0 Å². The first kappa shape index (κ1) is 26.4. The van der Waals surface area contributed by atoms with Gasteiger partial charge in [0.1, 0.15) is 5.75 Å². The van der Waals surface area contributed by atoms with Gasteiger partial charge >= 0.3 is 0 Å². The van der Waals surface area contributed by atoms with E-state index in [0.29, 0.717) is 5.90 Å². The Labute approximate surface area is 232 Å². The number of hydrogen-bond acceptors (Lipinski definition) is 5. The van der Waals surface area contributed by atoms with Gasteiger partial charge in [0.05, 0.1) is 12.8 Å². The molecule has 1 aliphatic rings. The molecule has 0 radical (unpaired) electrons. The highest BCUT2D eigenvalue weighted by molar-refractivity contribution is 5.99. The molecule has 5 rings (SSSR count). The molecule has 1 unspecified atom stereocenters. The van der Waals surface area contributed by atoms with Gasteiger partial charge in [-0.2, -0.15) is 0 Å². The molecule has 0 amide bonds. The lowest BCUT2D eigenvalue weighted by Crippen LogP contribution is -2.38. The number of methoxy groups -OCH3 is 1. The quantitative estimate of drug-likeness (QED) is 0.244. The molecule has 0 bridgehead atoms. The summed E-state index contributed by atoms with van der Waals surface area (Å²) in [6.07, 6.45) is 0. The van der Waals surface area contributed by atoms with Crippen LogP contribution in [0.25, 0.3) is 0 Å². The van der Waals surface area contributed by atoms with Crippen LogP contribution in [0.1, 0.15) is 41.7 Å². The summed E-state index contributed by atoms with van der Waals surface area (Å²) in [6, 6.07) is 31.5. The zero-order valence-corrected chi connectivity index (χ0v) is 23.7. The molecule has 0 aromatic heterocycles. The molecule has 0 saturated heterocycles. The Bertz CT molecular complexity index is 1460. The Morgan fingerprint density at radius 3 is 1.97 bits per heavy atom. The number of rotatable bonds is 8. The number of nitrogens with zero attached hydrogens (tertiary/aromatic N) is 3. The van der Waals surface area contributed by atoms with Crippen LogP contribution in [-0.2, 0) is 10.3 Å². The molecule has 0 fully saturated rings. The monoisotopic (exact) mass is 519 g/mol. The van der Waals surface area contributed by atoms with E-state index in [1.807, 2.05) is 30.3 Å². The van der Waals surface area contributed by atoms with Crippen molar-refractivity contribution in [1.29, 1.82) is 0 Å². The minimum Gasteiger partial charge on any atom is -0.497 e. The third-order valence-corrected chi connectivity index (χ3v) is 7.65. The summed E-state index contributed by atoms with van der Waals surface area (Å²) < 4.78 is 12.6. The van der Waals surface area contributed by atoms with Gasteiger partial charge in [-0.3, -0.25) is 0 Å². The first-order chi connectivity index (χ1) is 18.9. The zero-order chi connectivity index (χ0) is 27.6. The van der Waals surface area contributed by atoms with E-state index in [0.717, 1.165) is 58.0 Å². The van der Waals surface area contributed by atoms with Crippen molar-refractivity contribution in [2.75, 3.05) is 44.1 Å². The fraction of sp³-hybridized carbons (Fsp3) is 0.265. The third kappa shape index (κ3) is 4.63. The number of aliphatic imine (C=N–C) groups is 1. The van der Waals surface area contributed by atoms with E-state index in [-0.39, 0.29) is 0 Å². The molecule has 0 spiro atoms. The maximum atomic E-state index is 7.12. The Kier molecular flexibility index (Phi) is 7.34. The number of benzene rings is 4. The van der Waals surface area contributed by atoms with Crippen LogP contribution in [0.5, 0.6) is 5.75 Å². The van der Waals surface area contributed by atoms with Gasteiger partial charge < -0.3 is 19.3 Å². The molecule has 5 heteroatoms. The number of hydrogen-bond donors (Lipinski definition) is 0. The van der Waals surface area contributed by atoms with Gasteiger partial charge in [0.15, 0.2) is 5.60 Å². The summed E-state index contributed by atoms with van der Waals surface area (Å²) in [7, 11) is 5.83. The fourth-order valence-corrected chi connectivity index (χ4v) is 5.55. The standard InChI is InChI=1S/C34H37N3O2/c1-7-37(8-2)28-18-14-26(15-19-28)34(27-16-20-29(38-6)21-17-27)30-22-23-31(36(4)5)24(3)32(30)35-33(39-34)25-12-10-9-11-13-25/h9-23H,7-8H2,1-6H3. The minimum absolute atomic E-state index is 0.603. The lowest BCUT2D eigenvalue weighted by molar-refractivity contribution is 0.137. The number of fused-ring (bicyclic) bond motifs is 1. The van der Waals surface area contributed by atoms with E-state index in [1.54, 1.807) is 7.11 Å². The van der Waals surface area contributed by atoms with E-state index < -0.39 is 5.60 Å². The lowest BCUT2D eigenvalue weighted by atomic mass is 9.77. The summed E-state index contributed by atoms with van der Waals surface area (Å²) in [5.74, 6) is 1.41. The predicted octanol–water partition coefficient (Wildman–Crippen LogP) is 7.32. The van der Waals surface area contributed by atoms with Crippen LogP contribution in [0.3, 0.4) is 0 Å². The van der Waals surface area contributed by atoms with Crippen molar-refractivity contribution in [1.82, 2.24) is 0 Å². The number of anilines is 2. The van der Waals surface area contributed by atoms with Crippen LogP contribution in [-0.4, -0.2) is 40.2 Å². The molecule has 0 aliphatic carbocycles. The second-order valence-electron chi connectivity index (χ2n) is 10.0. The Morgan fingerprint density at radius 1 is 0.795 bits per heavy atom. The van der Waals surface area contributed by atoms with Crippen molar-refractivity contribution < 1.29 is 9.47 Å². The van der Waals surface area contributed by atoms with Crippen molar-refractivity contribution in [3.63, 3.8) is 0 Å². The summed E-state index contributed by atoms with van der Waals surface area (Å²) in [5, 5.41) is 0. The predicted molar refractivity (Wildman–Crippen MR) is 162 cm³/mol. The molecule has 0 N–H and O–H groups in total. The van der Waals surface area contributed by atoms with E-state index in [9.17, 15) is 0 Å². The van der Waals surface area contributed by atoms with Crippen molar-refractivity contribution in [3.8, 4) is 5.75 Å². The smallest absolute Gasteiger partial charge is 0.222 e. The largest absolute Gasteiger partial charge is 0.497 e. The van der Waals surface area contributed by atoms with E-state index in [4.69, 9.17) is 14.5 Å². The molecule has 4 aromatic rings. The molecular formula is C34H37N3O2. The van der Waals surface area contributed by atoms with E-state index >= 15 is 0 Å². The summed E-state index contributed by atoms with van der Waals surface area (Å²) in [6.45, 7) is 8.43. The van der Waals surface area contributed by atoms with Gasteiger partial charge in [0.2, 0.25) is 5.90 Å². The fourth-order valence-electron chi connectivity index (χ4n) is 5.55. The number of ether oxygens (including phenoxy) is 2. The molecule has 1 atom stereocenters. The van der Waals surface area contributed by atoms with Crippen LogP contribution in [0.15, 0.2) is 96.0 Å². The summed E-state index contributed by atoms with van der Waals surface area (Å²) in [5.41, 5.74) is 7.49. The average Bonchev–Trinajstić information content (AvgIpc) is 2.98. The molecule has 5 nitrogen and oxygen atoms in total. The SMILES string of the molecule is CCN(CC)c1ccc(C2(c3ccc(OC)cc3)OC(c3ccccc3)=Nc3c2ccc(N(C)C)c3C)cc1. The molecule has 0 saturated carbocycles. The highest BCUT2D eigenvalue weighted by atomic mass is 16.5. The molecular weight excluding hydrogens is 482 g/mol. The van der Waals surface area contributed by atoms with Crippen molar-refractivity contribution in [3.05, 3.63) is 119 Å². The van der Waals surface area contributed by atoms with Gasteiger partial charge in [-0.25, -0.2) is 4.99 Å². The summed E-state index contributed by atoms with van der Waals surface area (Å²) >= 11 is 0. The van der Waals surface area contributed by atoms with Crippen molar-refractivity contribution in [2.45, 2.75) is 26.4 Å². The van der Waals surface area contributed by atoms with Gasteiger partial charge in [-0.1, -0.05) is 48.5 Å². The molecule has 4 aromatic carbocycles. The van der Waals surface area contributed by atoms with Crippen LogP contribution < -0.4 is 14.5 Å². The molecule has 1 aliphatic heterocycles. The maximum absolute atomic E-state index is 7.12.